The van der Waals surface area contributed by atoms with Crippen LogP contribution in [-0.4, -0.2) is 22.6 Å². The van der Waals surface area contributed by atoms with Gasteiger partial charge in [0.15, 0.2) is 5.82 Å². The molecule has 2 aromatic rings. The average Bonchev–Trinajstić information content (AvgIpc) is 2.55. The first kappa shape index (κ1) is 13.3. The van der Waals surface area contributed by atoms with E-state index in [4.69, 9.17) is 0 Å². The van der Waals surface area contributed by atoms with Gasteiger partial charge in [0.2, 0.25) is 5.91 Å². The molecule has 1 saturated heterocycles. The molecule has 0 bridgehead atoms. The van der Waals surface area contributed by atoms with Crippen LogP contribution >= 0.6 is 0 Å². The number of hydrogen-bond acceptors (Lipinski definition) is 3. The number of nitrogens with zero attached hydrogens (tertiary/aromatic N) is 3. The highest BCUT2D eigenvalue weighted by atomic mass is 16.2. The average molecular weight is 277 g/mol. The minimum Gasteiger partial charge on any atom is -0.295 e. The van der Waals surface area contributed by atoms with Crippen LogP contribution in [0.3, 0.4) is 0 Å². The van der Waals surface area contributed by atoms with E-state index < -0.39 is 0 Å². The predicted molar refractivity (Wildman–Crippen MR) is 80.7 cm³/mol. The van der Waals surface area contributed by atoms with E-state index in [1.807, 2.05) is 36.4 Å². The van der Waals surface area contributed by atoms with Gasteiger partial charge in [-0.2, -0.15) is 0 Å². The number of anilines is 1. The van der Waals surface area contributed by atoms with E-state index in [0.717, 1.165) is 24.9 Å². The maximum atomic E-state index is 11.8. The number of benzene rings is 1. The highest BCUT2D eigenvalue weighted by Gasteiger charge is 2.20. The molecule has 3 rings (SSSR count). The molecule has 0 spiro atoms. The summed E-state index contributed by atoms with van der Waals surface area (Å²) < 4.78 is 0. The molecule has 1 amide bonds. The summed E-state index contributed by atoms with van der Waals surface area (Å²) in [4.78, 5) is 13.5. The Morgan fingerprint density at radius 2 is 1.81 bits per heavy atom. The number of hydrogen-bond donors (Lipinski definition) is 0. The Hall–Kier alpha value is -2.67. The molecule has 0 unspecified atom stereocenters. The lowest BCUT2D eigenvalue weighted by Gasteiger charge is -2.24. The van der Waals surface area contributed by atoms with Gasteiger partial charge in [0.1, 0.15) is 5.69 Å². The number of carbonyl (C=O) groups is 1. The number of aromatic nitrogens is 2. The fourth-order valence-corrected chi connectivity index (χ4v) is 2.24. The molecular formula is C17H15N3O. The van der Waals surface area contributed by atoms with Crippen molar-refractivity contribution in [2.24, 2.45) is 0 Å². The Balaban J connectivity index is 1.75. The second-order valence-corrected chi connectivity index (χ2v) is 4.90. The molecule has 1 fully saturated rings. The first-order valence-electron chi connectivity index (χ1n) is 7.04. The van der Waals surface area contributed by atoms with Crippen LogP contribution in [0, 0.1) is 11.8 Å². The highest BCUT2D eigenvalue weighted by molar-refractivity contribution is 5.92. The van der Waals surface area contributed by atoms with Gasteiger partial charge >= 0.3 is 0 Å². The van der Waals surface area contributed by atoms with Gasteiger partial charge in [-0.15, -0.1) is 10.2 Å². The normalized spacial score (nSPS) is 14.5. The van der Waals surface area contributed by atoms with Crippen molar-refractivity contribution in [2.75, 3.05) is 11.4 Å². The lowest BCUT2D eigenvalue weighted by Crippen LogP contribution is -2.35. The first-order chi connectivity index (χ1) is 10.3. The van der Waals surface area contributed by atoms with Crippen LogP contribution in [0.15, 0.2) is 42.5 Å². The predicted octanol–water partition coefficient (Wildman–Crippen LogP) is 2.39. The van der Waals surface area contributed by atoms with Crippen molar-refractivity contribution in [1.29, 1.82) is 0 Å². The molecule has 0 N–H and O–H groups in total. The van der Waals surface area contributed by atoms with Crippen molar-refractivity contribution >= 4 is 11.7 Å². The van der Waals surface area contributed by atoms with Crippen LogP contribution in [0.4, 0.5) is 5.82 Å². The topological polar surface area (TPSA) is 46.1 Å². The lowest BCUT2D eigenvalue weighted by atomic mass is 10.1. The van der Waals surface area contributed by atoms with Gasteiger partial charge < -0.3 is 0 Å². The lowest BCUT2D eigenvalue weighted by molar-refractivity contribution is -0.119. The summed E-state index contributed by atoms with van der Waals surface area (Å²) in [5, 5.41) is 8.20. The largest absolute Gasteiger partial charge is 0.295 e. The molecule has 104 valence electrons. The minimum atomic E-state index is 0.124. The van der Waals surface area contributed by atoms with E-state index in [1.165, 1.54) is 0 Å². The fraction of sp³-hybridized carbons (Fsp3) is 0.235. The molecule has 21 heavy (non-hydrogen) atoms. The second-order valence-electron chi connectivity index (χ2n) is 4.90. The number of amides is 1. The van der Waals surface area contributed by atoms with Crippen LogP contribution in [0.25, 0.3) is 0 Å². The summed E-state index contributed by atoms with van der Waals surface area (Å²) in [6, 6.07) is 13.4. The molecule has 4 nitrogen and oxygen atoms in total. The van der Waals surface area contributed by atoms with Crippen LogP contribution < -0.4 is 4.90 Å². The van der Waals surface area contributed by atoms with Crippen LogP contribution in [-0.2, 0) is 4.79 Å². The zero-order valence-corrected chi connectivity index (χ0v) is 11.6. The quantitative estimate of drug-likeness (QED) is 0.752. The maximum absolute atomic E-state index is 11.8. The maximum Gasteiger partial charge on any atom is 0.228 e. The van der Waals surface area contributed by atoms with Crippen LogP contribution in [0.5, 0.6) is 0 Å². The zero-order valence-electron chi connectivity index (χ0n) is 11.6. The molecule has 1 aliphatic rings. The summed E-state index contributed by atoms with van der Waals surface area (Å²) in [6.07, 6.45) is 2.57. The van der Waals surface area contributed by atoms with E-state index in [2.05, 4.69) is 22.0 Å². The number of rotatable bonds is 1. The standard InChI is InChI=1S/C17H15N3O/c21-17-8-4-5-13-20(17)16-12-11-15(18-19-16)10-9-14-6-2-1-3-7-14/h1-3,6-7,11-12H,4-5,8,13H2. The monoisotopic (exact) mass is 277 g/mol. The van der Waals surface area contributed by atoms with Gasteiger partial charge in [0, 0.05) is 18.5 Å². The summed E-state index contributed by atoms with van der Waals surface area (Å²) in [5.41, 5.74) is 1.54. The molecule has 0 saturated carbocycles. The van der Waals surface area contributed by atoms with Gasteiger partial charge in [-0.3, -0.25) is 9.69 Å². The van der Waals surface area contributed by atoms with Crippen molar-refractivity contribution in [3.05, 3.63) is 53.7 Å². The summed E-state index contributed by atoms with van der Waals surface area (Å²) in [5.74, 6) is 6.75. The smallest absolute Gasteiger partial charge is 0.228 e. The van der Waals surface area contributed by atoms with Gasteiger partial charge in [0.05, 0.1) is 0 Å². The fourth-order valence-electron chi connectivity index (χ4n) is 2.24. The third-order valence-corrected chi connectivity index (χ3v) is 3.36. The highest BCUT2D eigenvalue weighted by Crippen LogP contribution is 2.17. The summed E-state index contributed by atoms with van der Waals surface area (Å²) in [7, 11) is 0. The van der Waals surface area contributed by atoms with Gasteiger partial charge in [-0.1, -0.05) is 24.1 Å². The van der Waals surface area contributed by atoms with Gasteiger partial charge in [0.25, 0.3) is 0 Å². The van der Waals surface area contributed by atoms with Crippen molar-refractivity contribution in [1.82, 2.24) is 10.2 Å². The third-order valence-electron chi connectivity index (χ3n) is 3.36. The Morgan fingerprint density at radius 3 is 2.52 bits per heavy atom. The molecule has 0 atom stereocenters. The van der Waals surface area contributed by atoms with Crippen molar-refractivity contribution < 1.29 is 4.79 Å². The third kappa shape index (κ3) is 3.26. The van der Waals surface area contributed by atoms with Crippen LogP contribution in [0.1, 0.15) is 30.5 Å². The van der Waals surface area contributed by atoms with Crippen LogP contribution in [0.2, 0.25) is 0 Å². The molecular weight excluding hydrogens is 262 g/mol. The van der Waals surface area contributed by atoms with Gasteiger partial charge in [-0.25, -0.2) is 0 Å². The summed E-state index contributed by atoms with van der Waals surface area (Å²) >= 11 is 0. The van der Waals surface area contributed by atoms with Crippen molar-refractivity contribution in [2.45, 2.75) is 19.3 Å². The second kappa shape index (κ2) is 6.19. The molecule has 4 heteroatoms. The Labute approximate surface area is 123 Å². The molecule has 2 heterocycles. The molecule has 0 aliphatic carbocycles. The first-order valence-corrected chi connectivity index (χ1v) is 7.04. The Kier molecular flexibility index (Phi) is 3.92. The van der Waals surface area contributed by atoms with E-state index in [0.29, 0.717) is 17.9 Å². The number of carbonyl (C=O) groups excluding carboxylic acids is 1. The molecule has 1 aromatic carbocycles. The molecule has 1 aromatic heterocycles. The molecule has 0 radical (unpaired) electrons. The number of piperidine rings is 1. The van der Waals surface area contributed by atoms with E-state index in [9.17, 15) is 4.79 Å². The summed E-state index contributed by atoms with van der Waals surface area (Å²) in [6.45, 7) is 0.725. The minimum absolute atomic E-state index is 0.124. The Morgan fingerprint density at radius 1 is 0.952 bits per heavy atom. The van der Waals surface area contributed by atoms with Crippen molar-refractivity contribution in [3.63, 3.8) is 0 Å². The Bertz CT molecular complexity index is 683. The van der Waals surface area contributed by atoms with E-state index in [1.54, 1.807) is 11.0 Å². The van der Waals surface area contributed by atoms with Crippen molar-refractivity contribution in [3.8, 4) is 11.8 Å². The molecule has 1 aliphatic heterocycles. The zero-order chi connectivity index (χ0) is 14.5. The van der Waals surface area contributed by atoms with E-state index in [-0.39, 0.29) is 5.91 Å². The van der Waals surface area contributed by atoms with Gasteiger partial charge in [-0.05, 0) is 43.0 Å². The SMILES string of the molecule is O=C1CCCCN1c1ccc(C#Cc2ccccc2)nn1. The van der Waals surface area contributed by atoms with E-state index >= 15 is 0 Å².